The quantitative estimate of drug-likeness (QED) is 0.833. The van der Waals surface area contributed by atoms with E-state index in [0.717, 1.165) is 5.56 Å². The van der Waals surface area contributed by atoms with E-state index >= 15 is 0 Å². The fourth-order valence-electron chi connectivity index (χ4n) is 3.22. The maximum Gasteiger partial charge on any atom is 0.123 e. The highest BCUT2D eigenvalue weighted by atomic mass is 35.5. The molecular weight excluding hydrogens is 364 g/mol. The lowest BCUT2D eigenvalue weighted by Gasteiger charge is -2.39. The van der Waals surface area contributed by atoms with Gasteiger partial charge in [-0.25, -0.2) is 4.39 Å². The van der Waals surface area contributed by atoms with E-state index in [4.69, 9.17) is 23.2 Å². The number of benzene rings is 2. The molecule has 0 aromatic heterocycles. The van der Waals surface area contributed by atoms with E-state index in [9.17, 15) is 14.6 Å². The fraction of sp³-hybridized carbons (Fsp3) is 0.368. The normalized spacial score (nSPS) is 18.9. The Morgan fingerprint density at radius 1 is 1.04 bits per heavy atom. The number of likely N-dealkylation sites (tertiary alicyclic amines) is 1. The minimum absolute atomic E-state index is 0.311. The van der Waals surface area contributed by atoms with Crippen molar-refractivity contribution in [2.24, 2.45) is 0 Å². The van der Waals surface area contributed by atoms with E-state index < -0.39 is 11.7 Å². The van der Waals surface area contributed by atoms with Gasteiger partial charge in [0.15, 0.2) is 0 Å². The second kappa shape index (κ2) is 7.60. The van der Waals surface area contributed by atoms with Gasteiger partial charge in [-0.2, -0.15) is 0 Å². The van der Waals surface area contributed by atoms with Crippen molar-refractivity contribution >= 4 is 23.2 Å². The molecule has 0 unspecified atom stereocenters. The highest BCUT2D eigenvalue weighted by molar-refractivity contribution is 6.42. The number of hydrogen-bond donors (Lipinski definition) is 2. The predicted molar refractivity (Wildman–Crippen MR) is 97.4 cm³/mol. The van der Waals surface area contributed by atoms with Crippen LogP contribution < -0.4 is 0 Å². The van der Waals surface area contributed by atoms with E-state index in [-0.39, 0.29) is 5.82 Å². The summed E-state index contributed by atoms with van der Waals surface area (Å²) in [5.74, 6) is -0.311. The van der Waals surface area contributed by atoms with Crippen LogP contribution in [0.15, 0.2) is 42.5 Å². The molecule has 0 aliphatic carbocycles. The van der Waals surface area contributed by atoms with Crippen molar-refractivity contribution in [2.45, 2.75) is 24.5 Å². The van der Waals surface area contributed by atoms with Crippen LogP contribution in [0.25, 0.3) is 0 Å². The van der Waals surface area contributed by atoms with E-state index in [1.54, 1.807) is 30.3 Å². The molecule has 0 saturated carbocycles. The van der Waals surface area contributed by atoms with Crippen molar-refractivity contribution in [1.82, 2.24) is 4.90 Å². The molecule has 134 valence electrons. The predicted octanol–water partition coefficient (Wildman–Crippen LogP) is 4.15. The van der Waals surface area contributed by atoms with Crippen LogP contribution in [0, 0.1) is 5.82 Å². The van der Waals surface area contributed by atoms with Crippen molar-refractivity contribution in [3.8, 4) is 0 Å². The summed E-state index contributed by atoms with van der Waals surface area (Å²) in [5, 5.41) is 22.1. The highest BCUT2D eigenvalue weighted by Gasteiger charge is 2.34. The summed E-state index contributed by atoms with van der Waals surface area (Å²) < 4.78 is 13.1. The highest BCUT2D eigenvalue weighted by Crippen LogP contribution is 2.34. The minimum Gasteiger partial charge on any atom is -0.387 e. The van der Waals surface area contributed by atoms with Gasteiger partial charge >= 0.3 is 0 Å². The summed E-state index contributed by atoms with van der Waals surface area (Å²) in [4.78, 5) is 2.10. The summed E-state index contributed by atoms with van der Waals surface area (Å²) >= 11 is 11.9. The number of hydrogen-bond acceptors (Lipinski definition) is 3. The van der Waals surface area contributed by atoms with Gasteiger partial charge in [0.1, 0.15) is 5.82 Å². The third-order valence-electron chi connectivity index (χ3n) is 4.82. The lowest BCUT2D eigenvalue weighted by atomic mass is 9.84. The molecular formula is C19H20Cl2FNO2. The Morgan fingerprint density at radius 3 is 2.28 bits per heavy atom. The first-order valence-electron chi connectivity index (χ1n) is 8.21. The fourth-order valence-corrected chi connectivity index (χ4v) is 3.53. The minimum atomic E-state index is -0.946. The molecule has 3 nitrogen and oxygen atoms in total. The van der Waals surface area contributed by atoms with Crippen LogP contribution in [0.4, 0.5) is 4.39 Å². The molecule has 1 fully saturated rings. The topological polar surface area (TPSA) is 43.7 Å². The number of rotatable bonds is 4. The summed E-state index contributed by atoms with van der Waals surface area (Å²) in [6.07, 6.45) is 0.395. The van der Waals surface area contributed by atoms with Crippen LogP contribution in [0.3, 0.4) is 0 Å². The zero-order chi connectivity index (χ0) is 18.0. The number of aliphatic hydroxyl groups excluding tert-OH is 1. The van der Waals surface area contributed by atoms with E-state index in [1.165, 1.54) is 12.1 Å². The summed E-state index contributed by atoms with van der Waals surface area (Å²) in [6.45, 7) is 1.75. The first-order chi connectivity index (χ1) is 11.9. The lowest BCUT2D eigenvalue weighted by molar-refractivity contribution is -0.0345. The molecule has 1 heterocycles. The number of halogens is 3. The third kappa shape index (κ3) is 4.33. The van der Waals surface area contributed by atoms with Crippen LogP contribution in [0.5, 0.6) is 0 Å². The third-order valence-corrected chi connectivity index (χ3v) is 5.56. The van der Waals surface area contributed by atoms with Crippen molar-refractivity contribution < 1.29 is 14.6 Å². The Labute approximate surface area is 156 Å². The Hall–Kier alpha value is -1.17. The number of β-amino-alcohol motifs (C(OH)–C–C–N with tert-alkyl or cyclic N) is 1. The molecule has 6 heteroatoms. The average molecular weight is 384 g/mol. The first-order valence-corrected chi connectivity index (χ1v) is 8.97. The molecule has 1 saturated heterocycles. The van der Waals surface area contributed by atoms with Gasteiger partial charge < -0.3 is 15.1 Å². The van der Waals surface area contributed by atoms with Gasteiger partial charge in [0, 0.05) is 19.6 Å². The second-order valence-corrected chi connectivity index (χ2v) is 7.34. The Kier molecular flexibility index (Phi) is 5.66. The molecule has 0 spiro atoms. The summed E-state index contributed by atoms with van der Waals surface area (Å²) in [7, 11) is 0. The maximum atomic E-state index is 13.1. The smallest absolute Gasteiger partial charge is 0.123 e. The van der Waals surface area contributed by atoms with Gasteiger partial charge in [0.25, 0.3) is 0 Å². The van der Waals surface area contributed by atoms with Crippen molar-refractivity contribution in [3.05, 3.63) is 69.5 Å². The number of nitrogens with zero attached hydrogens (tertiary/aromatic N) is 1. The first kappa shape index (κ1) is 18.6. The van der Waals surface area contributed by atoms with Gasteiger partial charge in [0.2, 0.25) is 0 Å². The molecule has 2 N–H and O–H groups in total. The monoisotopic (exact) mass is 383 g/mol. The van der Waals surface area contributed by atoms with Crippen LogP contribution in [-0.4, -0.2) is 34.7 Å². The van der Waals surface area contributed by atoms with Gasteiger partial charge in [-0.3, -0.25) is 0 Å². The SMILES string of the molecule is O[C@@H](CN1CCC(O)(c2ccc(F)cc2)CC1)c1ccc(Cl)c(Cl)c1. The van der Waals surface area contributed by atoms with E-state index in [2.05, 4.69) is 4.90 Å². The van der Waals surface area contributed by atoms with Crippen LogP contribution in [-0.2, 0) is 5.60 Å². The van der Waals surface area contributed by atoms with E-state index in [0.29, 0.717) is 48.1 Å². The molecule has 25 heavy (non-hydrogen) atoms. The molecule has 2 aromatic carbocycles. The number of aliphatic hydroxyl groups is 2. The van der Waals surface area contributed by atoms with Crippen molar-refractivity contribution in [3.63, 3.8) is 0 Å². The van der Waals surface area contributed by atoms with Gasteiger partial charge in [-0.1, -0.05) is 41.4 Å². The Morgan fingerprint density at radius 2 is 1.68 bits per heavy atom. The van der Waals surface area contributed by atoms with Gasteiger partial charge in [-0.15, -0.1) is 0 Å². The molecule has 2 aromatic rings. The average Bonchev–Trinajstić information content (AvgIpc) is 2.60. The standard InChI is InChI=1S/C19H20Cl2FNO2/c20-16-6-1-13(11-17(16)21)18(24)12-23-9-7-19(25,8-10-23)14-2-4-15(22)5-3-14/h1-6,11,18,24-25H,7-10,12H2/t18-/m0/s1. The lowest BCUT2D eigenvalue weighted by Crippen LogP contribution is -2.43. The zero-order valence-corrected chi connectivity index (χ0v) is 15.1. The molecule has 1 aliphatic rings. The molecule has 0 amide bonds. The van der Waals surface area contributed by atoms with Crippen LogP contribution in [0.2, 0.25) is 10.0 Å². The Balaban J connectivity index is 1.60. The van der Waals surface area contributed by atoms with Gasteiger partial charge in [-0.05, 0) is 48.2 Å². The largest absolute Gasteiger partial charge is 0.387 e. The van der Waals surface area contributed by atoms with Crippen molar-refractivity contribution in [1.29, 1.82) is 0 Å². The zero-order valence-electron chi connectivity index (χ0n) is 13.6. The summed E-state index contributed by atoms with van der Waals surface area (Å²) in [5.41, 5.74) is 0.506. The maximum absolute atomic E-state index is 13.1. The van der Waals surface area contributed by atoms with Crippen LogP contribution in [0.1, 0.15) is 30.1 Å². The summed E-state index contributed by atoms with van der Waals surface area (Å²) in [6, 6.07) is 11.1. The van der Waals surface area contributed by atoms with Crippen molar-refractivity contribution in [2.75, 3.05) is 19.6 Å². The molecule has 1 atom stereocenters. The molecule has 0 bridgehead atoms. The molecule has 1 aliphatic heterocycles. The van der Waals surface area contributed by atoms with E-state index in [1.807, 2.05) is 0 Å². The number of piperidine rings is 1. The van der Waals surface area contributed by atoms with Gasteiger partial charge in [0.05, 0.1) is 21.8 Å². The molecule has 0 radical (unpaired) electrons. The Bertz CT molecular complexity index is 731. The second-order valence-electron chi connectivity index (χ2n) is 6.53. The molecule has 3 rings (SSSR count). The van der Waals surface area contributed by atoms with Crippen LogP contribution >= 0.6 is 23.2 Å².